The minimum absolute atomic E-state index is 0.126. The van der Waals surface area contributed by atoms with Crippen molar-refractivity contribution in [1.29, 1.82) is 0 Å². The Morgan fingerprint density at radius 1 is 1.17 bits per heavy atom. The Balaban J connectivity index is 2.56. The SMILES string of the molecule is CCNC(COC(C)COC)c1ccc(C)cc1. The van der Waals surface area contributed by atoms with Crippen molar-refractivity contribution in [3.63, 3.8) is 0 Å². The summed E-state index contributed by atoms with van der Waals surface area (Å²) in [6.07, 6.45) is 0.126. The van der Waals surface area contributed by atoms with E-state index in [-0.39, 0.29) is 12.1 Å². The number of aryl methyl sites for hydroxylation is 1. The molecule has 0 amide bonds. The molecule has 102 valence electrons. The zero-order valence-electron chi connectivity index (χ0n) is 11.9. The third-order valence-electron chi connectivity index (χ3n) is 2.88. The van der Waals surface area contributed by atoms with Crippen molar-refractivity contribution in [2.24, 2.45) is 0 Å². The largest absolute Gasteiger partial charge is 0.382 e. The van der Waals surface area contributed by atoms with Crippen molar-refractivity contribution in [2.45, 2.75) is 32.9 Å². The maximum absolute atomic E-state index is 5.79. The monoisotopic (exact) mass is 251 g/mol. The van der Waals surface area contributed by atoms with Crippen LogP contribution in [0.15, 0.2) is 24.3 Å². The molecule has 1 aromatic carbocycles. The van der Waals surface area contributed by atoms with Crippen molar-refractivity contribution < 1.29 is 9.47 Å². The summed E-state index contributed by atoms with van der Waals surface area (Å²) in [4.78, 5) is 0. The quantitative estimate of drug-likeness (QED) is 0.770. The number of likely N-dealkylation sites (N-methyl/N-ethyl adjacent to an activating group) is 1. The van der Waals surface area contributed by atoms with E-state index in [1.54, 1.807) is 7.11 Å². The van der Waals surface area contributed by atoms with E-state index in [1.165, 1.54) is 11.1 Å². The molecule has 0 aliphatic heterocycles. The molecule has 0 bridgehead atoms. The predicted molar refractivity (Wildman–Crippen MR) is 74.9 cm³/mol. The number of methoxy groups -OCH3 is 1. The first-order valence-corrected chi connectivity index (χ1v) is 6.57. The lowest BCUT2D eigenvalue weighted by Crippen LogP contribution is -2.28. The van der Waals surface area contributed by atoms with Crippen LogP contribution < -0.4 is 5.32 Å². The normalized spacial score (nSPS) is 14.4. The summed E-state index contributed by atoms with van der Waals surface area (Å²) >= 11 is 0. The van der Waals surface area contributed by atoms with Gasteiger partial charge in [-0.2, -0.15) is 0 Å². The third-order valence-corrected chi connectivity index (χ3v) is 2.88. The van der Waals surface area contributed by atoms with Gasteiger partial charge in [0.25, 0.3) is 0 Å². The molecule has 0 aliphatic carbocycles. The van der Waals surface area contributed by atoms with Crippen molar-refractivity contribution in [2.75, 3.05) is 26.9 Å². The molecule has 1 aromatic rings. The van der Waals surface area contributed by atoms with E-state index in [1.807, 2.05) is 6.92 Å². The van der Waals surface area contributed by atoms with E-state index in [9.17, 15) is 0 Å². The number of nitrogens with one attached hydrogen (secondary N) is 1. The van der Waals surface area contributed by atoms with Crippen LogP contribution in [0.2, 0.25) is 0 Å². The zero-order chi connectivity index (χ0) is 13.4. The molecule has 0 saturated heterocycles. The highest BCUT2D eigenvalue weighted by molar-refractivity contribution is 5.24. The number of rotatable bonds is 8. The summed E-state index contributed by atoms with van der Waals surface area (Å²) in [5.41, 5.74) is 2.55. The number of hydrogen-bond donors (Lipinski definition) is 1. The van der Waals surface area contributed by atoms with E-state index in [0.29, 0.717) is 13.2 Å². The average molecular weight is 251 g/mol. The molecule has 18 heavy (non-hydrogen) atoms. The minimum Gasteiger partial charge on any atom is -0.382 e. The van der Waals surface area contributed by atoms with Gasteiger partial charge in [-0.05, 0) is 26.0 Å². The summed E-state index contributed by atoms with van der Waals surface area (Å²) in [5, 5.41) is 3.45. The van der Waals surface area contributed by atoms with E-state index in [2.05, 4.69) is 43.4 Å². The molecular weight excluding hydrogens is 226 g/mol. The van der Waals surface area contributed by atoms with E-state index in [0.717, 1.165) is 6.54 Å². The Kier molecular flexibility index (Phi) is 6.94. The first-order valence-electron chi connectivity index (χ1n) is 6.57. The molecule has 1 N–H and O–H groups in total. The second-order valence-corrected chi connectivity index (χ2v) is 4.62. The van der Waals surface area contributed by atoms with Gasteiger partial charge in [-0.25, -0.2) is 0 Å². The summed E-state index contributed by atoms with van der Waals surface area (Å²) in [6.45, 7) is 8.47. The van der Waals surface area contributed by atoms with Gasteiger partial charge in [-0.3, -0.25) is 0 Å². The van der Waals surface area contributed by atoms with Gasteiger partial charge in [0, 0.05) is 7.11 Å². The van der Waals surface area contributed by atoms with Crippen LogP contribution in [-0.2, 0) is 9.47 Å². The lowest BCUT2D eigenvalue weighted by Gasteiger charge is -2.21. The molecule has 0 saturated carbocycles. The molecule has 0 aromatic heterocycles. The van der Waals surface area contributed by atoms with Gasteiger partial charge < -0.3 is 14.8 Å². The Hall–Kier alpha value is -0.900. The van der Waals surface area contributed by atoms with Crippen LogP contribution in [0.3, 0.4) is 0 Å². The van der Waals surface area contributed by atoms with Crippen LogP contribution in [0.25, 0.3) is 0 Å². The van der Waals surface area contributed by atoms with Gasteiger partial charge in [0.15, 0.2) is 0 Å². The number of ether oxygens (including phenoxy) is 2. The fraction of sp³-hybridized carbons (Fsp3) is 0.600. The summed E-state index contributed by atoms with van der Waals surface area (Å²) < 4.78 is 10.9. The lowest BCUT2D eigenvalue weighted by molar-refractivity contribution is -0.000385. The third kappa shape index (κ3) is 5.17. The molecule has 0 radical (unpaired) electrons. The van der Waals surface area contributed by atoms with Gasteiger partial charge in [-0.1, -0.05) is 36.8 Å². The Labute approximate surface area is 110 Å². The molecule has 3 nitrogen and oxygen atoms in total. The predicted octanol–water partition coefficient (Wildman–Crippen LogP) is 2.70. The Bertz CT molecular complexity index is 324. The van der Waals surface area contributed by atoms with Crippen LogP contribution in [0.5, 0.6) is 0 Å². The van der Waals surface area contributed by atoms with Gasteiger partial charge in [0.1, 0.15) is 0 Å². The molecule has 3 heteroatoms. The molecule has 2 unspecified atom stereocenters. The minimum atomic E-state index is 0.126. The van der Waals surface area contributed by atoms with Crippen molar-refractivity contribution >= 4 is 0 Å². The molecule has 0 spiro atoms. The second kappa shape index (κ2) is 8.25. The van der Waals surface area contributed by atoms with Gasteiger partial charge in [0.05, 0.1) is 25.4 Å². The Morgan fingerprint density at radius 2 is 1.83 bits per heavy atom. The lowest BCUT2D eigenvalue weighted by atomic mass is 10.1. The number of benzene rings is 1. The molecule has 1 rings (SSSR count). The highest BCUT2D eigenvalue weighted by atomic mass is 16.5. The standard InChI is InChI=1S/C15H25NO2/c1-5-16-15(11-18-13(3)10-17-4)14-8-6-12(2)7-9-14/h6-9,13,15-16H,5,10-11H2,1-4H3. The maximum Gasteiger partial charge on any atom is 0.0781 e. The van der Waals surface area contributed by atoms with Gasteiger partial charge in [-0.15, -0.1) is 0 Å². The molecule has 0 fully saturated rings. The van der Waals surface area contributed by atoms with Crippen molar-refractivity contribution in [3.8, 4) is 0 Å². The smallest absolute Gasteiger partial charge is 0.0781 e. The maximum atomic E-state index is 5.79. The van der Waals surface area contributed by atoms with E-state index in [4.69, 9.17) is 9.47 Å². The first kappa shape index (κ1) is 15.2. The van der Waals surface area contributed by atoms with Crippen LogP contribution in [0, 0.1) is 6.92 Å². The molecule has 0 heterocycles. The van der Waals surface area contributed by atoms with Gasteiger partial charge >= 0.3 is 0 Å². The topological polar surface area (TPSA) is 30.5 Å². The van der Waals surface area contributed by atoms with E-state index >= 15 is 0 Å². The molecule has 0 aliphatic rings. The summed E-state index contributed by atoms with van der Waals surface area (Å²) in [6, 6.07) is 8.84. The van der Waals surface area contributed by atoms with E-state index < -0.39 is 0 Å². The Morgan fingerprint density at radius 3 is 2.39 bits per heavy atom. The number of hydrogen-bond acceptors (Lipinski definition) is 3. The molecule has 2 atom stereocenters. The van der Waals surface area contributed by atoms with Crippen LogP contribution in [0.4, 0.5) is 0 Å². The van der Waals surface area contributed by atoms with Crippen molar-refractivity contribution in [1.82, 2.24) is 5.32 Å². The van der Waals surface area contributed by atoms with Crippen molar-refractivity contribution in [3.05, 3.63) is 35.4 Å². The molecular formula is C15H25NO2. The second-order valence-electron chi connectivity index (χ2n) is 4.62. The summed E-state index contributed by atoms with van der Waals surface area (Å²) in [7, 11) is 1.70. The van der Waals surface area contributed by atoms with Crippen LogP contribution in [0.1, 0.15) is 31.0 Å². The highest BCUT2D eigenvalue weighted by Crippen LogP contribution is 2.15. The first-order chi connectivity index (χ1) is 8.67. The highest BCUT2D eigenvalue weighted by Gasteiger charge is 2.12. The van der Waals surface area contributed by atoms with Gasteiger partial charge in [0.2, 0.25) is 0 Å². The fourth-order valence-electron chi connectivity index (χ4n) is 1.86. The zero-order valence-corrected chi connectivity index (χ0v) is 11.9. The fourth-order valence-corrected chi connectivity index (χ4v) is 1.86. The van der Waals surface area contributed by atoms with Crippen LogP contribution in [-0.4, -0.2) is 33.0 Å². The average Bonchev–Trinajstić information content (AvgIpc) is 2.36. The summed E-state index contributed by atoms with van der Waals surface area (Å²) in [5.74, 6) is 0. The van der Waals surface area contributed by atoms with Crippen LogP contribution >= 0.6 is 0 Å².